The minimum Gasteiger partial charge on any atom is -0.268 e. The number of hydrogen-bond donors (Lipinski definition) is 1. The molecule has 4 aromatic rings. The van der Waals surface area contributed by atoms with Crippen molar-refractivity contribution in [3.05, 3.63) is 99.3 Å². The predicted molar refractivity (Wildman–Crippen MR) is 119 cm³/mol. The first-order valence-electron chi connectivity index (χ1n) is 9.49. The summed E-state index contributed by atoms with van der Waals surface area (Å²) in [6.07, 6.45) is 1.78. The van der Waals surface area contributed by atoms with Crippen LogP contribution in [0.25, 0.3) is 16.6 Å². The third-order valence-electron chi connectivity index (χ3n) is 4.89. The van der Waals surface area contributed by atoms with Gasteiger partial charge in [-0.15, -0.1) is 0 Å². The normalized spacial score (nSPS) is 11.3. The van der Waals surface area contributed by atoms with Gasteiger partial charge in [0.15, 0.2) is 0 Å². The first kappa shape index (κ1) is 18.6. The highest BCUT2D eigenvalue weighted by Crippen LogP contribution is 2.17. The summed E-state index contributed by atoms with van der Waals surface area (Å²) >= 11 is 0. The van der Waals surface area contributed by atoms with Crippen LogP contribution in [0.4, 0.5) is 5.95 Å². The van der Waals surface area contributed by atoms with Crippen LogP contribution in [-0.2, 0) is 0 Å². The number of benzene rings is 3. The quantitative estimate of drug-likeness (QED) is 0.409. The van der Waals surface area contributed by atoms with Crippen LogP contribution in [0.3, 0.4) is 0 Å². The summed E-state index contributed by atoms with van der Waals surface area (Å²) in [5.41, 5.74) is 8.79. The maximum Gasteiger partial charge on any atom is 0.267 e. The van der Waals surface area contributed by atoms with E-state index in [2.05, 4.69) is 48.4 Å². The highest BCUT2D eigenvalue weighted by atomic mass is 16.1. The van der Waals surface area contributed by atoms with Crippen molar-refractivity contribution in [2.45, 2.75) is 20.8 Å². The predicted octanol–water partition coefficient (Wildman–Crippen LogP) is 4.76. The molecule has 1 aromatic heterocycles. The molecule has 0 aliphatic heterocycles. The van der Waals surface area contributed by atoms with Crippen LogP contribution < -0.4 is 11.0 Å². The Bertz CT molecular complexity index is 1250. The second-order valence-electron chi connectivity index (χ2n) is 7.11. The maximum atomic E-state index is 13.2. The van der Waals surface area contributed by atoms with Gasteiger partial charge >= 0.3 is 0 Å². The smallest absolute Gasteiger partial charge is 0.267 e. The summed E-state index contributed by atoms with van der Waals surface area (Å²) in [5, 5.41) is 4.97. The molecular weight excluding hydrogens is 360 g/mol. The minimum absolute atomic E-state index is 0.137. The van der Waals surface area contributed by atoms with Crippen molar-refractivity contribution < 1.29 is 0 Å². The van der Waals surface area contributed by atoms with Gasteiger partial charge in [0.05, 0.1) is 22.8 Å². The van der Waals surface area contributed by atoms with E-state index in [1.54, 1.807) is 16.8 Å². The molecule has 4 rings (SSSR count). The summed E-state index contributed by atoms with van der Waals surface area (Å²) in [6, 6.07) is 21.0. The van der Waals surface area contributed by atoms with Gasteiger partial charge in [-0.05, 0) is 56.2 Å². The van der Waals surface area contributed by atoms with E-state index in [0.29, 0.717) is 16.9 Å². The minimum atomic E-state index is -0.137. The van der Waals surface area contributed by atoms with Gasteiger partial charge in [-0.3, -0.25) is 4.79 Å². The van der Waals surface area contributed by atoms with E-state index in [1.807, 2.05) is 48.5 Å². The number of fused-ring (bicyclic) bond motifs is 1. The summed E-state index contributed by atoms with van der Waals surface area (Å²) in [6.45, 7) is 6.21. The summed E-state index contributed by atoms with van der Waals surface area (Å²) in [4.78, 5) is 17.8. The van der Waals surface area contributed by atoms with Crippen LogP contribution in [0, 0.1) is 20.8 Å². The number of aryl methyl sites for hydroxylation is 3. The molecule has 0 saturated heterocycles. The average Bonchev–Trinajstić information content (AvgIpc) is 2.71. The molecule has 1 N–H and O–H groups in total. The number of anilines is 1. The van der Waals surface area contributed by atoms with Crippen molar-refractivity contribution >= 4 is 23.1 Å². The lowest BCUT2D eigenvalue weighted by atomic mass is 10.0. The van der Waals surface area contributed by atoms with E-state index in [1.165, 1.54) is 5.56 Å². The van der Waals surface area contributed by atoms with E-state index in [4.69, 9.17) is 0 Å². The molecule has 0 bridgehead atoms. The lowest BCUT2D eigenvalue weighted by Crippen LogP contribution is -2.22. The van der Waals surface area contributed by atoms with Crippen LogP contribution in [0.15, 0.2) is 76.6 Å². The monoisotopic (exact) mass is 382 g/mol. The Kier molecular flexibility index (Phi) is 4.96. The van der Waals surface area contributed by atoms with Gasteiger partial charge in [0.1, 0.15) is 0 Å². The fourth-order valence-electron chi connectivity index (χ4n) is 3.57. The number of hydrazone groups is 1. The molecule has 144 valence electrons. The Morgan fingerprint density at radius 3 is 2.31 bits per heavy atom. The van der Waals surface area contributed by atoms with E-state index in [0.717, 1.165) is 22.4 Å². The van der Waals surface area contributed by atoms with Gasteiger partial charge in [0.2, 0.25) is 5.95 Å². The number of hydrogen-bond acceptors (Lipinski definition) is 4. The molecular formula is C24H22N4O. The lowest BCUT2D eigenvalue weighted by molar-refractivity contribution is 0.956. The second-order valence-corrected chi connectivity index (χ2v) is 7.11. The van der Waals surface area contributed by atoms with Gasteiger partial charge in [-0.25, -0.2) is 15.0 Å². The molecule has 0 radical (unpaired) electrons. The Balaban J connectivity index is 1.80. The standard InChI is InChI=1S/C24H22N4O/c1-16-13-17(2)21(18(3)14-16)15-25-27-24-26-22-12-8-7-11-20(22)23(29)28(24)19-9-5-4-6-10-19/h4-15H,1-3H3,(H,26,27)/b25-15+. The molecule has 0 saturated carbocycles. The topological polar surface area (TPSA) is 59.3 Å². The van der Waals surface area contributed by atoms with E-state index in [-0.39, 0.29) is 5.56 Å². The number of para-hydroxylation sites is 2. The average molecular weight is 382 g/mol. The van der Waals surface area contributed by atoms with Crippen LogP contribution in [0.1, 0.15) is 22.3 Å². The number of aromatic nitrogens is 2. The Morgan fingerprint density at radius 2 is 1.59 bits per heavy atom. The number of nitrogens with zero attached hydrogens (tertiary/aromatic N) is 3. The molecule has 0 aliphatic carbocycles. The van der Waals surface area contributed by atoms with Gasteiger partial charge in [0.25, 0.3) is 5.56 Å². The number of nitrogens with one attached hydrogen (secondary N) is 1. The molecule has 0 fully saturated rings. The van der Waals surface area contributed by atoms with Crippen LogP contribution in [0.5, 0.6) is 0 Å². The Morgan fingerprint density at radius 1 is 0.931 bits per heavy atom. The van der Waals surface area contributed by atoms with E-state index in [9.17, 15) is 4.79 Å². The summed E-state index contributed by atoms with van der Waals surface area (Å²) in [5.74, 6) is 0.374. The van der Waals surface area contributed by atoms with Crippen molar-refractivity contribution in [1.29, 1.82) is 0 Å². The zero-order chi connectivity index (χ0) is 20.4. The first-order chi connectivity index (χ1) is 14.0. The molecule has 0 spiro atoms. The molecule has 0 unspecified atom stereocenters. The fourth-order valence-corrected chi connectivity index (χ4v) is 3.57. The first-order valence-corrected chi connectivity index (χ1v) is 9.49. The van der Waals surface area contributed by atoms with E-state index < -0.39 is 0 Å². The third kappa shape index (κ3) is 3.67. The maximum absolute atomic E-state index is 13.2. The molecule has 0 amide bonds. The molecule has 0 atom stereocenters. The molecule has 1 heterocycles. The van der Waals surface area contributed by atoms with Crippen LogP contribution >= 0.6 is 0 Å². The SMILES string of the molecule is Cc1cc(C)c(/C=N/Nc2nc3ccccc3c(=O)n2-c2ccccc2)c(C)c1. The fraction of sp³-hybridized carbons (Fsp3) is 0.125. The summed E-state index contributed by atoms with van der Waals surface area (Å²) < 4.78 is 1.55. The van der Waals surface area contributed by atoms with Gasteiger partial charge in [0, 0.05) is 5.56 Å². The zero-order valence-corrected chi connectivity index (χ0v) is 16.7. The molecule has 5 nitrogen and oxygen atoms in total. The van der Waals surface area contributed by atoms with Crippen molar-refractivity contribution in [2.24, 2.45) is 5.10 Å². The van der Waals surface area contributed by atoms with Crippen molar-refractivity contribution in [2.75, 3.05) is 5.43 Å². The highest BCUT2D eigenvalue weighted by molar-refractivity contribution is 5.84. The van der Waals surface area contributed by atoms with Gasteiger partial charge in [-0.1, -0.05) is 48.0 Å². The van der Waals surface area contributed by atoms with E-state index >= 15 is 0 Å². The zero-order valence-electron chi connectivity index (χ0n) is 16.7. The second kappa shape index (κ2) is 7.72. The molecule has 29 heavy (non-hydrogen) atoms. The lowest BCUT2D eigenvalue weighted by Gasteiger charge is -2.13. The third-order valence-corrected chi connectivity index (χ3v) is 4.89. The highest BCUT2D eigenvalue weighted by Gasteiger charge is 2.12. The van der Waals surface area contributed by atoms with Crippen LogP contribution in [-0.4, -0.2) is 15.8 Å². The summed E-state index contributed by atoms with van der Waals surface area (Å²) in [7, 11) is 0. The largest absolute Gasteiger partial charge is 0.268 e. The molecule has 0 aliphatic rings. The number of rotatable bonds is 4. The molecule has 5 heteroatoms. The van der Waals surface area contributed by atoms with Crippen molar-refractivity contribution in [3.8, 4) is 5.69 Å². The van der Waals surface area contributed by atoms with Crippen molar-refractivity contribution in [1.82, 2.24) is 9.55 Å². The van der Waals surface area contributed by atoms with Gasteiger partial charge < -0.3 is 0 Å². The van der Waals surface area contributed by atoms with Crippen LogP contribution in [0.2, 0.25) is 0 Å². The molecule has 3 aromatic carbocycles. The van der Waals surface area contributed by atoms with Crippen molar-refractivity contribution in [3.63, 3.8) is 0 Å². The Hall–Kier alpha value is -3.73. The Labute approximate surface area is 169 Å². The van der Waals surface area contributed by atoms with Gasteiger partial charge in [-0.2, -0.15) is 5.10 Å².